The van der Waals surface area contributed by atoms with Crippen molar-refractivity contribution < 1.29 is 4.39 Å². The second-order valence-electron chi connectivity index (χ2n) is 4.84. The van der Waals surface area contributed by atoms with E-state index in [0.29, 0.717) is 6.04 Å². The van der Waals surface area contributed by atoms with E-state index in [-0.39, 0.29) is 11.9 Å². The minimum atomic E-state index is -0.181. The van der Waals surface area contributed by atoms with Crippen LogP contribution < -0.4 is 5.32 Å². The predicted molar refractivity (Wildman–Crippen MR) is 74.3 cm³/mol. The fourth-order valence-electron chi connectivity index (χ4n) is 2.28. The molecule has 2 aromatic rings. The van der Waals surface area contributed by atoms with Crippen molar-refractivity contribution in [3.05, 3.63) is 54.4 Å². The Morgan fingerprint density at radius 3 is 2.89 bits per heavy atom. The highest BCUT2D eigenvalue weighted by atomic mass is 19.1. The maximum Gasteiger partial charge on any atom is 0.123 e. The van der Waals surface area contributed by atoms with E-state index in [1.807, 2.05) is 16.8 Å². The second kappa shape index (κ2) is 6.48. The van der Waals surface area contributed by atoms with Crippen molar-refractivity contribution in [1.29, 1.82) is 0 Å². The van der Waals surface area contributed by atoms with Gasteiger partial charge in [0.15, 0.2) is 0 Å². The van der Waals surface area contributed by atoms with Crippen LogP contribution in [0.1, 0.15) is 31.9 Å². The van der Waals surface area contributed by atoms with Crippen LogP contribution in [0.5, 0.6) is 0 Å². The van der Waals surface area contributed by atoms with E-state index in [4.69, 9.17) is 0 Å². The molecule has 19 heavy (non-hydrogen) atoms. The molecule has 2 rings (SSSR count). The molecule has 0 bridgehead atoms. The number of nitrogens with one attached hydrogen (secondary N) is 1. The fraction of sp³-hybridized carbons (Fsp3) is 0.400. The van der Waals surface area contributed by atoms with E-state index in [9.17, 15) is 4.39 Å². The number of hydrogen-bond donors (Lipinski definition) is 1. The Morgan fingerprint density at radius 1 is 1.42 bits per heavy atom. The molecule has 3 nitrogen and oxygen atoms in total. The summed E-state index contributed by atoms with van der Waals surface area (Å²) in [5, 5.41) is 3.53. The number of halogens is 1. The molecular weight excluding hydrogens is 241 g/mol. The Labute approximate surface area is 113 Å². The van der Waals surface area contributed by atoms with Crippen LogP contribution in [-0.4, -0.2) is 15.6 Å². The summed E-state index contributed by atoms with van der Waals surface area (Å²) < 4.78 is 15.3. The molecule has 0 spiro atoms. The quantitative estimate of drug-likeness (QED) is 0.865. The van der Waals surface area contributed by atoms with Gasteiger partial charge in [-0.2, -0.15) is 0 Å². The van der Waals surface area contributed by atoms with Gasteiger partial charge in [-0.05, 0) is 31.0 Å². The van der Waals surface area contributed by atoms with E-state index in [0.717, 1.165) is 18.5 Å². The van der Waals surface area contributed by atoms with E-state index >= 15 is 0 Å². The lowest BCUT2D eigenvalue weighted by molar-refractivity contribution is 0.405. The Balaban J connectivity index is 1.98. The average Bonchev–Trinajstić information content (AvgIpc) is 2.88. The van der Waals surface area contributed by atoms with Gasteiger partial charge in [-0.25, -0.2) is 9.37 Å². The molecule has 0 aliphatic carbocycles. The number of hydrogen-bond acceptors (Lipinski definition) is 2. The number of rotatable bonds is 6. The van der Waals surface area contributed by atoms with Crippen molar-refractivity contribution in [3.63, 3.8) is 0 Å². The minimum Gasteiger partial charge on any atom is -0.336 e. The predicted octanol–water partition coefficient (Wildman–Crippen LogP) is 3.15. The molecule has 102 valence electrons. The van der Waals surface area contributed by atoms with E-state index in [1.54, 1.807) is 24.7 Å². The van der Waals surface area contributed by atoms with Gasteiger partial charge in [0, 0.05) is 31.0 Å². The topological polar surface area (TPSA) is 29.9 Å². The standard InChI is InChI=1S/C15H20FN3/c1-3-15(13-5-4-6-14(16)9-13)18-12(2)10-19-8-7-17-11-19/h4-9,11-12,15,18H,3,10H2,1-2H3. The van der Waals surface area contributed by atoms with Crippen LogP contribution in [0, 0.1) is 5.82 Å². The van der Waals surface area contributed by atoms with Gasteiger partial charge < -0.3 is 9.88 Å². The van der Waals surface area contributed by atoms with Gasteiger partial charge in [0.05, 0.1) is 6.33 Å². The molecular formula is C15H20FN3. The Bertz CT molecular complexity index is 496. The van der Waals surface area contributed by atoms with Gasteiger partial charge >= 0.3 is 0 Å². The number of imidazole rings is 1. The van der Waals surface area contributed by atoms with Crippen LogP contribution >= 0.6 is 0 Å². The van der Waals surface area contributed by atoms with Crippen LogP contribution in [-0.2, 0) is 6.54 Å². The summed E-state index contributed by atoms with van der Waals surface area (Å²) in [4.78, 5) is 4.03. The van der Waals surface area contributed by atoms with Crippen molar-refractivity contribution in [2.24, 2.45) is 0 Å². The van der Waals surface area contributed by atoms with Gasteiger partial charge in [-0.3, -0.25) is 0 Å². The van der Waals surface area contributed by atoms with Crippen molar-refractivity contribution in [2.45, 2.75) is 38.9 Å². The Hall–Kier alpha value is -1.68. The first-order valence-electron chi connectivity index (χ1n) is 6.66. The molecule has 0 saturated heterocycles. The Morgan fingerprint density at radius 2 is 2.26 bits per heavy atom. The smallest absolute Gasteiger partial charge is 0.123 e. The van der Waals surface area contributed by atoms with Crippen LogP contribution in [0.15, 0.2) is 43.0 Å². The minimum absolute atomic E-state index is 0.175. The molecule has 2 atom stereocenters. The molecule has 0 fully saturated rings. The zero-order valence-corrected chi connectivity index (χ0v) is 11.4. The Kier molecular flexibility index (Phi) is 4.68. The van der Waals surface area contributed by atoms with Crippen molar-refractivity contribution in [1.82, 2.24) is 14.9 Å². The van der Waals surface area contributed by atoms with Crippen LogP contribution in [0.4, 0.5) is 4.39 Å². The maximum atomic E-state index is 13.3. The fourth-order valence-corrected chi connectivity index (χ4v) is 2.28. The van der Waals surface area contributed by atoms with Crippen molar-refractivity contribution >= 4 is 0 Å². The largest absolute Gasteiger partial charge is 0.336 e. The molecule has 0 aliphatic heterocycles. The van der Waals surface area contributed by atoms with Crippen LogP contribution in [0.25, 0.3) is 0 Å². The first-order chi connectivity index (χ1) is 9.19. The highest BCUT2D eigenvalue weighted by molar-refractivity contribution is 5.20. The van der Waals surface area contributed by atoms with E-state index in [1.165, 1.54) is 6.07 Å². The molecule has 0 saturated carbocycles. The highest BCUT2D eigenvalue weighted by Crippen LogP contribution is 2.18. The summed E-state index contributed by atoms with van der Waals surface area (Å²) in [6, 6.07) is 7.27. The zero-order chi connectivity index (χ0) is 13.7. The third-order valence-corrected chi connectivity index (χ3v) is 3.19. The van der Waals surface area contributed by atoms with E-state index in [2.05, 4.69) is 24.1 Å². The van der Waals surface area contributed by atoms with Gasteiger partial charge in [-0.15, -0.1) is 0 Å². The SMILES string of the molecule is CCC(NC(C)Cn1ccnc1)c1cccc(F)c1. The first kappa shape index (κ1) is 13.7. The lowest BCUT2D eigenvalue weighted by Gasteiger charge is -2.23. The normalized spacial score (nSPS) is 14.3. The third kappa shape index (κ3) is 3.89. The molecule has 2 unspecified atom stereocenters. The van der Waals surface area contributed by atoms with Gasteiger partial charge in [0.25, 0.3) is 0 Å². The number of aromatic nitrogens is 2. The summed E-state index contributed by atoms with van der Waals surface area (Å²) in [5.74, 6) is -0.181. The van der Waals surface area contributed by atoms with E-state index < -0.39 is 0 Å². The van der Waals surface area contributed by atoms with Crippen LogP contribution in [0.3, 0.4) is 0 Å². The van der Waals surface area contributed by atoms with Crippen LogP contribution in [0.2, 0.25) is 0 Å². The van der Waals surface area contributed by atoms with Gasteiger partial charge in [0.2, 0.25) is 0 Å². The second-order valence-corrected chi connectivity index (χ2v) is 4.84. The third-order valence-electron chi connectivity index (χ3n) is 3.19. The number of benzene rings is 1. The van der Waals surface area contributed by atoms with Crippen molar-refractivity contribution in [3.8, 4) is 0 Å². The highest BCUT2D eigenvalue weighted by Gasteiger charge is 2.13. The zero-order valence-electron chi connectivity index (χ0n) is 11.4. The van der Waals surface area contributed by atoms with Crippen molar-refractivity contribution in [2.75, 3.05) is 0 Å². The molecule has 4 heteroatoms. The maximum absolute atomic E-state index is 13.3. The lowest BCUT2D eigenvalue weighted by Crippen LogP contribution is -2.33. The monoisotopic (exact) mass is 261 g/mol. The molecule has 1 aromatic carbocycles. The number of nitrogens with zero attached hydrogens (tertiary/aromatic N) is 2. The summed E-state index contributed by atoms with van der Waals surface area (Å²) in [6.45, 7) is 5.08. The summed E-state index contributed by atoms with van der Waals surface area (Å²) in [6.07, 6.45) is 6.46. The summed E-state index contributed by atoms with van der Waals surface area (Å²) in [5.41, 5.74) is 1.000. The molecule has 1 N–H and O–H groups in total. The lowest BCUT2D eigenvalue weighted by atomic mass is 10.0. The summed E-state index contributed by atoms with van der Waals surface area (Å²) in [7, 11) is 0. The molecule has 0 radical (unpaired) electrons. The van der Waals surface area contributed by atoms with Gasteiger partial charge in [-0.1, -0.05) is 19.1 Å². The summed E-state index contributed by atoms with van der Waals surface area (Å²) >= 11 is 0. The molecule has 1 heterocycles. The molecule has 1 aromatic heterocycles. The average molecular weight is 261 g/mol. The molecule has 0 amide bonds. The van der Waals surface area contributed by atoms with Gasteiger partial charge in [0.1, 0.15) is 5.82 Å². The molecule has 0 aliphatic rings. The first-order valence-corrected chi connectivity index (χ1v) is 6.66.